The third-order valence-corrected chi connectivity index (χ3v) is 3.92. The molecule has 0 aromatic heterocycles. The van der Waals surface area contributed by atoms with Crippen molar-refractivity contribution in [2.75, 3.05) is 32.9 Å². The first-order valence-corrected chi connectivity index (χ1v) is 7.64. The van der Waals surface area contributed by atoms with Gasteiger partial charge in [-0.25, -0.2) is 4.39 Å². The van der Waals surface area contributed by atoms with Gasteiger partial charge in [-0.2, -0.15) is 0 Å². The fourth-order valence-corrected chi connectivity index (χ4v) is 2.59. The Morgan fingerprint density at radius 1 is 1.41 bits per heavy atom. The van der Waals surface area contributed by atoms with E-state index in [-0.39, 0.29) is 18.6 Å². The molecule has 2 rings (SSSR count). The molecule has 2 N–H and O–H groups in total. The summed E-state index contributed by atoms with van der Waals surface area (Å²) in [7, 11) is 0. The highest BCUT2D eigenvalue weighted by atomic mass is 19.1. The Labute approximate surface area is 130 Å². The highest BCUT2D eigenvalue weighted by Gasteiger charge is 2.31. The van der Waals surface area contributed by atoms with Crippen LogP contribution in [-0.2, 0) is 9.53 Å². The lowest BCUT2D eigenvalue weighted by atomic mass is 10.0. The van der Waals surface area contributed by atoms with Gasteiger partial charge in [0.05, 0.1) is 25.9 Å². The largest absolute Gasteiger partial charge is 0.394 e. The van der Waals surface area contributed by atoms with Crippen molar-refractivity contribution in [3.8, 4) is 0 Å². The number of hydrogen-bond donors (Lipinski definition) is 2. The van der Waals surface area contributed by atoms with Gasteiger partial charge in [-0.1, -0.05) is 25.1 Å². The Balaban J connectivity index is 2.25. The van der Waals surface area contributed by atoms with Gasteiger partial charge >= 0.3 is 0 Å². The van der Waals surface area contributed by atoms with Crippen molar-refractivity contribution in [3.63, 3.8) is 0 Å². The minimum absolute atomic E-state index is 0.130. The van der Waals surface area contributed by atoms with Crippen molar-refractivity contribution in [1.29, 1.82) is 0 Å². The molecule has 1 aliphatic rings. The quantitative estimate of drug-likeness (QED) is 0.825. The molecule has 122 valence electrons. The highest BCUT2D eigenvalue weighted by molar-refractivity contribution is 5.83. The molecule has 1 aromatic rings. The lowest BCUT2D eigenvalue weighted by Gasteiger charge is -2.34. The molecule has 2 unspecified atom stereocenters. The van der Waals surface area contributed by atoms with Crippen molar-refractivity contribution in [2.24, 2.45) is 0 Å². The molecule has 0 bridgehead atoms. The van der Waals surface area contributed by atoms with E-state index in [1.165, 1.54) is 6.07 Å². The molecule has 0 saturated carbocycles. The third-order valence-electron chi connectivity index (χ3n) is 3.92. The van der Waals surface area contributed by atoms with Crippen LogP contribution < -0.4 is 5.32 Å². The first-order chi connectivity index (χ1) is 10.7. The molecule has 6 heteroatoms. The van der Waals surface area contributed by atoms with Gasteiger partial charge in [0.1, 0.15) is 11.9 Å². The third kappa shape index (κ3) is 4.03. The second-order valence-electron chi connectivity index (χ2n) is 5.37. The van der Waals surface area contributed by atoms with E-state index in [4.69, 9.17) is 4.74 Å². The fraction of sp³-hybridized carbons (Fsp3) is 0.562. The Bertz CT molecular complexity index is 488. The number of amides is 1. The maximum Gasteiger partial charge on any atom is 0.242 e. The molecular formula is C16H23FN2O3. The van der Waals surface area contributed by atoms with Crippen LogP contribution in [-0.4, -0.2) is 54.9 Å². The van der Waals surface area contributed by atoms with Crippen molar-refractivity contribution >= 4 is 5.91 Å². The minimum atomic E-state index is -0.703. The zero-order chi connectivity index (χ0) is 15.9. The average molecular weight is 310 g/mol. The summed E-state index contributed by atoms with van der Waals surface area (Å²) in [6, 6.07) is 5.31. The van der Waals surface area contributed by atoms with Crippen LogP contribution in [0.5, 0.6) is 0 Å². The number of carbonyl (C=O) groups excluding carboxylic acids is 1. The first-order valence-electron chi connectivity index (χ1n) is 7.64. The van der Waals surface area contributed by atoms with Crippen LogP contribution in [0.1, 0.15) is 24.9 Å². The Morgan fingerprint density at radius 3 is 2.68 bits per heavy atom. The highest BCUT2D eigenvalue weighted by Crippen LogP contribution is 2.25. The van der Waals surface area contributed by atoms with Gasteiger partial charge in [0.2, 0.25) is 5.91 Å². The maximum absolute atomic E-state index is 14.2. The van der Waals surface area contributed by atoms with E-state index >= 15 is 0 Å². The van der Waals surface area contributed by atoms with E-state index < -0.39 is 11.9 Å². The van der Waals surface area contributed by atoms with E-state index in [2.05, 4.69) is 5.32 Å². The van der Waals surface area contributed by atoms with Gasteiger partial charge in [-0.3, -0.25) is 9.69 Å². The number of benzene rings is 1. The second kappa shape index (κ2) is 8.22. The van der Waals surface area contributed by atoms with Crippen LogP contribution in [0.2, 0.25) is 0 Å². The SMILES string of the molecule is CCC(CO)NC(=O)C(c1ccccc1F)N1CCOCC1. The van der Waals surface area contributed by atoms with Crippen LogP contribution >= 0.6 is 0 Å². The number of morpholine rings is 1. The summed E-state index contributed by atoms with van der Waals surface area (Å²) >= 11 is 0. The maximum atomic E-state index is 14.2. The van der Waals surface area contributed by atoms with E-state index in [0.29, 0.717) is 38.3 Å². The van der Waals surface area contributed by atoms with Crippen LogP contribution in [0.3, 0.4) is 0 Å². The molecular weight excluding hydrogens is 287 g/mol. The minimum Gasteiger partial charge on any atom is -0.394 e. The van der Waals surface area contributed by atoms with E-state index in [0.717, 1.165) is 0 Å². The predicted octanol–water partition coefficient (Wildman–Crippen LogP) is 1.09. The van der Waals surface area contributed by atoms with Gasteiger partial charge in [-0.15, -0.1) is 0 Å². The number of aliphatic hydroxyl groups excluding tert-OH is 1. The number of halogens is 1. The van der Waals surface area contributed by atoms with Gasteiger partial charge < -0.3 is 15.2 Å². The summed E-state index contributed by atoms with van der Waals surface area (Å²) in [5.74, 6) is -0.681. The van der Waals surface area contributed by atoms with Crippen molar-refractivity contribution in [3.05, 3.63) is 35.6 Å². The Morgan fingerprint density at radius 2 is 2.09 bits per heavy atom. The van der Waals surface area contributed by atoms with Crippen LogP contribution in [0.25, 0.3) is 0 Å². The van der Waals surface area contributed by atoms with E-state index in [1.807, 2.05) is 11.8 Å². The summed E-state index contributed by atoms with van der Waals surface area (Å²) in [5.41, 5.74) is 0.356. The summed E-state index contributed by atoms with van der Waals surface area (Å²) in [5, 5.41) is 12.1. The number of hydrogen-bond acceptors (Lipinski definition) is 4. The van der Waals surface area contributed by atoms with Crippen molar-refractivity contribution in [1.82, 2.24) is 10.2 Å². The lowest BCUT2D eigenvalue weighted by Crippen LogP contribution is -2.48. The Kier molecular flexibility index (Phi) is 6.30. The zero-order valence-electron chi connectivity index (χ0n) is 12.8. The lowest BCUT2D eigenvalue weighted by molar-refractivity contribution is -0.129. The number of nitrogens with zero attached hydrogens (tertiary/aromatic N) is 1. The number of rotatable bonds is 6. The molecule has 1 amide bonds. The van der Waals surface area contributed by atoms with Crippen molar-refractivity contribution in [2.45, 2.75) is 25.4 Å². The van der Waals surface area contributed by atoms with Gasteiger partial charge in [0.25, 0.3) is 0 Å². The standard InChI is InChI=1S/C16H23FN2O3/c1-2-12(11-20)18-16(21)15(19-7-9-22-10-8-19)13-5-3-4-6-14(13)17/h3-6,12,15,20H,2,7-11H2,1H3,(H,18,21). The average Bonchev–Trinajstić information content (AvgIpc) is 2.55. The molecule has 22 heavy (non-hydrogen) atoms. The van der Waals surface area contributed by atoms with Crippen LogP contribution in [0, 0.1) is 5.82 Å². The number of carbonyl (C=O) groups is 1. The Hall–Kier alpha value is -1.50. The van der Waals surface area contributed by atoms with E-state index in [1.54, 1.807) is 18.2 Å². The van der Waals surface area contributed by atoms with E-state index in [9.17, 15) is 14.3 Å². The number of nitrogens with one attached hydrogen (secondary N) is 1. The normalized spacial score (nSPS) is 18.7. The van der Waals surface area contributed by atoms with Crippen LogP contribution in [0.4, 0.5) is 4.39 Å². The molecule has 1 aromatic carbocycles. The zero-order valence-corrected chi connectivity index (χ0v) is 12.8. The monoisotopic (exact) mass is 310 g/mol. The molecule has 0 radical (unpaired) electrons. The molecule has 1 heterocycles. The smallest absolute Gasteiger partial charge is 0.242 e. The molecule has 0 aliphatic carbocycles. The molecule has 1 saturated heterocycles. The number of ether oxygens (including phenoxy) is 1. The molecule has 2 atom stereocenters. The first kappa shape index (κ1) is 16.9. The summed E-state index contributed by atoms with van der Waals surface area (Å²) in [4.78, 5) is 14.6. The van der Waals surface area contributed by atoms with Gasteiger partial charge in [-0.05, 0) is 12.5 Å². The topological polar surface area (TPSA) is 61.8 Å². The summed E-state index contributed by atoms with van der Waals surface area (Å²) < 4.78 is 19.5. The van der Waals surface area contributed by atoms with Crippen LogP contribution in [0.15, 0.2) is 24.3 Å². The second-order valence-corrected chi connectivity index (χ2v) is 5.37. The fourth-order valence-electron chi connectivity index (χ4n) is 2.59. The predicted molar refractivity (Wildman–Crippen MR) is 80.8 cm³/mol. The molecule has 1 fully saturated rings. The number of aliphatic hydroxyl groups is 1. The molecule has 0 spiro atoms. The van der Waals surface area contributed by atoms with Gasteiger partial charge in [0, 0.05) is 18.7 Å². The van der Waals surface area contributed by atoms with Crippen molar-refractivity contribution < 1.29 is 19.0 Å². The molecule has 5 nitrogen and oxygen atoms in total. The van der Waals surface area contributed by atoms with Gasteiger partial charge in [0.15, 0.2) is 0 Å². The molecule has 1 aliphatic heterocycles. The summed E-state index contributed by atoms with van der Waals surface area (Å²) in [6.07, 6.45) is 0.620. The summed E-state index contributed by atoms with van der Waals surface area (Å²) in [6.45, 7) is 3.94.